The normalized spacial score (nSPS) is 11.2. The summed E-state index contributed by atoms with van der Waals surface area (Å²) in [5.41, 5.74) is 2.43. The number of rotatable bonds is 7. The minimum absolute atomic E-state index is 0.0503. The molecule has 9 nitrogen and oxygen atoms in total. The highest BCUT2D eigenvalue weighted by Crippen LogP contribution is 2.15. The highest BCUT2D eigenvalue weighted by molar-refractivity contribution is 5.96. The molecule has 36 heavy (non-hydrogen) atoms. The Labute approximate surface area is 206 Å². The molecule has 1 aromatic carbocycles. The Morgan fingerprint density at radius 2 is 1.94 bits per heavy atom. The van der Waals surface area contributed by atoms with Gasteiger partial charge in [-0.1, -0.05) is 18.2 Å². The van der Waals surface area contributed by atoms with Gasteiger partial charge in [-0.05, 0) is 60.9 Å². The molecule has 0 aliphatic rings. The summed E-state index contributed by atoms with van der Waals surface area (Å²) in [5, 5.41) is 12.0. The maximum atomic E-state index is 13.4. The van der Waals surface area contributed by atoms with Crippen LogP contribution in [0.2, 0.25) is 0 Å². The second-order valence-electron chi connectivity index (χ2n) is 8.47. The van der Waals surface area contributed by atoms with Gasteiger partial charge in [0.2, 0.25) is 0 Å². The van der Waals surface area contributed by atoms with Crippen molar-refractivity contribution in [1.29, 1.82) is 5.41 Å². The number of aromatic nitrogens is 3. The molecule has 0 saturated heterocycles. The third-order valence-corrected chi connectivity index (χ3v) is 6.13. The Morgan fingerprint density at radius 1 is 1.14 bits per heavy atom. The molecular formula is C27H25N5O4. The summed E-state index contributed by atoms with van der Waals surface area (Å²) in [6.07, 6.45) is 3.80. The van der Waals surface area contributed by atoms with Crippen LogP contribution in [0.1, 0.15) is 27.2 Å². The third kappa shape index (κ3) is 4.26. The van der Waals surface area contributed by atoms with E-state index in [-0.39, 0.29) is 28.5 Å². The van der Waals surface area contributed by atoms with Crippen LogP contribution in [0.4, 0.5) is 0 Å². The SMILES string of the molecule is COc1ccc(CCNC(=O)c2cc3c(=O)n4cccc(C)c4nc3n(Cc3ccco3)c2=N)cc1. The molecular weight excluding hydrogens is 458 g/mol. The van der Waals surface area contributed by atoms with Gasteiger partial charge >= 0.3 is 0 Å². The monoisotopic (exact) mass is 483 g/mol. The zero-order chi connectivity index (χ0) is 25.2. The number of benzene rings is 1. The molecule has 0 unspecified atom stereocenters. The molecule has 0 saturated carbocycles. The van der Waals surface area contributed by atoms with Gasteiger partial charge in [0.1, 0.15) is 28.3 Å². The first-order valence-corrected chi connectivity index (χ1v) is 11.5. The molecule has 9 heteroatoms. The van der Waals surface area contributed by atoms with Crippen LogP contribution >= 0.6 is 0 Å². The Morgan fingerprint density at radius 3 is 2.67 bits per heavy atom. The zero-order valence-electron chi connectivity index (χ0n) is 19.9. The van der Waals surface area contributed by atoms with Crippen molar-refractivity contribution in [2.24, 2.45) is 0 Å². The van der Waals surface area contributed by atoms with E-state index in [0.29, 0.717) is 30.0 Å². The van der Waals surface area contributed by atoms with E-state index in [1.54, 1.807) is 42.3 Å². The number of pyridine rings is 2. The lowest BCUT2D eigenvalue weighted by atomic mass is 10.1. The first-order valence-electron chi connectivity index (χ1n) is 11.5. The zero-order valence-corrected chi connectivity index (χ0v) is 19.9. The first kappa shape index (κ1) is 23.1. The number of hydrogen-bond donors (Lipinski definition) is 2. The Balaban J connectivity index is 1.55. The Hall–Kier alpha value is -4.66. The van der Waals surface area contributed by atoms with Crippen LogP contribution in [0.5, 0.6) is 5.75 Å². The van der Waals surface area contributed by atoms with Crippen LogP contribution in [0.3, 0.4) is 0 Å². The van der Waals surface area contributed by atoms with E-state index in [0.717, 1.165) is 16.9 Å². The lowest BCUT2D eigenvalue weighted by molar-refractivity contribution is 0.0951. The molecule has 5 aromatic rings. The molecule has 182 valence electrons. The van der Waals surface area contributed by atoms with Crippen LogP contribution in [0.25, 0.3) is 16.7 Å². The maximum absolute atomic E-state index is 13.4. The maximum Gasteiger partial charge on any atom is 0.267 e. The van der Waals surface area contributed by atoms with Crippen molar-refractivity contribution < 1.29 is 13.9 Å². The molecule has 0 atom stereocenters. The van der Waals surface area contributed by atoms with E-state index < -0.39 is 5.91 Å². The van der Waals surface area contributed by atoms with E-state index in [1.165, 1.54) is 10.5 Å². The number of methoxy groups -OCH3 is 1. The average molecular weight is 484 g/mol. The lowest BCUT2D eigenvalue weighted by Crippen LogP contribution is -2.35. The van der Waals surface area contributed by atoms with Crippen molar-refractivity contribution in [2.75, 3.05) is 13.7 Å². The van der Waals surface area contributed by atoms with Gasteiger partial charge in [0.05, 0.1) is 30.9 Å². The fourth-order valence-electron chi connectivity index (χ4n) is 4.19. The summed E-state index contributed by atoms with van der Waals surface area (Å²) in [5.74, 6) is 0.914. The van der Waals surface area contributed by atoms with E-state index in [9.17, 15) is 9.59 Å². The van der Waals surface area contributed by atoms with Gasteiger partial charge in [-0.2, -0.15) is 0 Å². The standard InChI is InChI=1S/C27H25N5O4/c1-17-5-3-13-31-24(17)30-25-22(27(31)34)15-21(23(28)32(25)16-20-6-4-14-36-20)26(33)29-12-11-18-7-9-19(35-2)10-8-18/h3-10,13-15,28H,11-12,16H2,1-2H3,(H,29,33). The molecule has 4 aromatic heterocycles. The highest BCUT2D eigenvalue weighted by Gasteiger charge is 2.18. The van der Waals surface area contributed by atoms with Crippen molar-refractivity contribution in [2.45, 2.75) is 19.9 Å². The van der Waals surface area contributed by atoms with Crippen molar-refractivity contribution in [3.63, 3.8) is 0 Å². The van der Waals surface area contributed by atoms with Crippen LogP contribution in [-0.2, 0) is 13.0 Å². The van der Waals surface area contributed by atoms with Crippen LogP contribution in [0, 0.1) is 12.3 Å². The van der Waals surface area contributed by atoms with Gasteiger partial charge in [-0.15, -0.1) is 0 Å². The topological polar surface area (TPSA) is 115 Å². The second-order valence-corrected chi connectivity index (χ2v) is 8.47. The minimum Gasteiger partial charge on any atom is -0.497 e. The van der Waals surface area contributed by atoms with Crippen molar-refractivity contribution >= 4 is 22.6 Å². The van der Waals surface area contributed by atoms with Crippen LogP contribution in [0.15, 0.2) is 76.3 Å². The predicted molar refractivity (Wildman–Crippen MR) is 134 cm³/mol. The molecule has 0 spiro atoms. The van der Waals surface area contributed by atoms with Gasteiger partial charge in [0, 0.05) is 12.7 Å². The smallest absolute Gasteiger partial charge is 0.267 e. The summed E-state index contributed by atoms with van der Waals surface area (Å²) < 4.78 is 13.7. The van der Waals surface area contributed by atoms with Crippen LogP contribution in [-0.4, -0.2) is 33.5 Å². The largest absolute Gasteiger partial charge is 0.497 e. The van der Waals surface area contributed by atoms with Crippen molar-refractivity contribution in [3.05, 3.63) is 105 Å². The second kappa shape index (κ2) is 9.53. The molecule has 0 aliphatic heterocycles. The van der Waals surface area contributed by atoms with Gasteiger partial charge < -0.3 is 19.0 Å². The van der Waals surface area contributed by atoms with E-state index >= 15 is 0 Å². The molecule has 5 rings (SSSR count). The number of nitrogens with zero attached hydrogens (tertiary/aromatic N) is 3. The van der Waals surface area contributed by atoms with E-state index in [2.05, 4.69) is 5.32 Å². The van der Waals surface area contributed by atoms with Gasteiger partial charge in [-0.25, -0.2) is 4.98 Å². The number of fused-ring (bicyclic) bond motifs is 2. The molecule has 0 bridgehead atoms. The fourth-order valence-corrected chi connectivity index (χ4v) is 4.19. The van der Waals surface area contributed by atoms with Crippen LogP contribution < -0.4 is 21.1 Å². The van der Waals surface area contributed by atoms with E-state index in [4.69, 9.17) is 19.5 Å². The first-order chi connectivity index (χ1) is 17.5. The third-order valence-electron chi connectivity index (χ3n) is 6.13. The Kier molecular flexibility index (Phi) is 6.12. The number of carbonyl (C=O) groups excluding carboxylic acids is 1. The molecule has 2 N–H and O–H groups in total. The molecule has 1 amide bonds. The molecule has 0 fully saturated rings. The summed E-state index contributed by atoms with van der Waals surface area (Å²) in [7, 11) is 1.61. The van der Waals surface area contributed by atoms with Crippen molar-refractivity contribution in [3.8, 4) is 5.75 Å². The number of aryl methyl sites for hydroxylation is 1. The number of amides is 1. The number of ether oxygens (including phenoxy) is 1. The Bertz CT molecular complexity index is 1680. The number of hydrogen-bond acceptors (Lipinski definition) is 6. The molecule has 0 aliphatic carbocycles. The number of furan rings is 1. The summed E-state index contributed by atoms with van der Waals surface area (Å²) in [6.45, 7) is 2.40. The van der Waals surface area contributed by atoms with Gasteiger partial charge in [-0.3, -0.25) is 19.4 Å². The summed E-state index contributed by atoms with van der Waals surface area (Å²) in [6, 6.07) is 16.2. The summed E-state index contributed by atoms with van der Waals surface area (Å²) in [4.78, 5) is 31.3. The number of nitrogens with one attached hydrogen (secondary N) is 2. The van der Waals surface area contributed by atoms with Crippen molar-refractivity contribution in [1.82, 2.24) is 19.3 Å². The van der Waals surface area contributed by atoms with E-state index in [1.807, 2.05) is 37.3 Å². The lowest BCUT2D eigenvalue weighted by Gasteiger charge is -2.14. The molecule has 4 heterocycles. The fraction of sp³-hybridized carbons (Fsp3) is 0.185. The quantitative estimate of drug-likeness (QED) is 0.345. The summed E-state index contributed by atoms with van der Waals surface area (Å²) >= 11 is 0. The van der Waals surface area contributed by atoms with Gasteiger partial charge in [0.25, 0.3) is 11.5 Å². The predicted octanol–water partition coefficient (Wildman–Crippen LogP) is 3.06. The number of carbonyl (C=O) groups is 1. The molecule has 0 radical (unpaired) electrons. The highest BCUT2D eigenvalue weighted by atomic mass is 16.5. The average Bonchev–Trinajstić information content (AvgIpc) is 3.40. The minimum atomic E-state index is -0.433. The van der Waals surface area contributed by atoms with Gasteiger partial charge in [0.15, 0.2) is 0 Å².